The number of morpholine rings is 1. The Bertz CT molecular complexity index is 592. The van der Waals surface area contributed by atoms with Crippen LogP contribution in [0.25, 0.3) is 0 Å². The number of hydrogen-bond acceptors (Lipinski definition) is 3. The van der Waals surface area contributed by atoms with Crippen molar-refractivity contribution >= 4 is 11.8 Å². The standard InChI is InChI=1S/C19H26N2O3/c1-19(2)14-24-13-12-21(19)18(23)16-8-10-20(11-9-16)17(22)15-6-4-3-5-7-15/h3-7,16H,8-14H2,1-2H3. The number of carbonyl (C=O) groups excluding carboxylic acids is 2. The summed E-state index contributed by atoms with van der Waals surface area (Å²) < 4.78 is 5.50. The zero-order valence-corrected chi connectivity index (χ0v) is 14.5. The quantitative estimate of drug-likeness (QED) is 0.835. The Morgan fingerprint density at radius 2 is 1.75 bits per heavy atom. The van der Waals surface area contributed by atoms with Crippen LogP contribution in [0.3, 0.4) is 0 Å². The summed E-state index contributed by atoms with van der Waals surface area (Å²) in [5.74, 6) is 0.297. The lowest BCUT2D eigenvalue weighted by Crippen LogP contribution is -2.58. The fourth-order valence-corrected chi connectivity index (χ4v) is 3.58. The van der Waals surface area contributed by atoms with Crippen molar-refractivity contribution in [1.29, 1.82) is 0 Å². The van der Waals surface area contributed by atoms with Crippen LogP contribution in [0.2, 0.25) is 0 Å². The number of likely N-dealkylation sites (tertiary alicyclic amines) is 1. The molecule has 0 spiro atoms. The number of nitrogens with zero attached hydrogens (tertiary/aromatic N) is 2. The molecule has 0 saturated carbocycles. The first-order valence-electron chi connectivity index (χ1n) is 8.72. The summed E-state index contributed by atoms with van der Waals surface area (Å²) >= 11 is 0. The molecule has 130 valence electrons. The van der Waals surface area contributed by atoms with Gasteiger partial charge in [0.1, 0.15) is 0 Å². The van der Waals surface area contributed by atoms with Crippen LogP contribution in [0, 0.1) is 5.92 Å². The monoisotopic (exact) mass is 330 g/mol. The molecule has 1 aromatic carbocycles. The van der Waals surface area contributed by atoms with Gasteiger partial charge in [0.2, 0.25) is 5.91 Å². The van der Waals surface area contributed by atoms with Gasteiger partial charge in [0.25, 0.3) is 5.91 Å². The van der Waals surface area contributed by atoms with Gasteiger partial charge in [-0.05, 0) is 38.8 Å². The number of benzene rings is 1. The van der Waals surface area contributed by atoms with Crippen LogP contribution < -0.4 is 0 Å². The highest BCUT2D eigenvalue weighted by molar-refractivity contribution is 5.94. The van der Waals surface area contributed by atoms with E-state index in [0.717, 1.165) is 18.4 Å². The number of ether oxygens (including phenoxy) is 1. The van der Waals surface area contributed by atoms with Gasteiger partial charge in [-0.25, -0.2) is 0 Å². The number of carbonyl (C=O) groups is 2. The van der Waals surface area contributed by atoms with Gasteiger partial charge in [0.05, 0.1) is 18.8 Å². The summed E-state index contributed by atoms with van der Waals surface area (Å²) in [5.41, 5.74) is 0.475. The van der Waals surface area contributed by atoms with Crippen molar-refractivity contribution in [2.75, 3.05) is 32.8 Å². The highest BCUT2D eigenvalue weighted by Crippen LogP contribution is 2.26. The van der Waals surface area contributed by atoms with Crippen LogP contribution in [-0.2, 0) is 9.53 Å². The van der Waals surface area contributed by atoms with E-state index in [1.165, 1.54) is 0 Å². The Morgan fingerprint density at radius 3 is 2.38 bits per heavy atom. The van der Waals surface area contributed by atoms with Crippen LogP contribution in [0.4, 0.5) is 0 Å². The Balaban J connectivity index is 1.59. The highest BCUT2D eigenvalue weighted by Gasteiger charge is 2.38. The van der Waals surface area contributed by atoms with Crippen molar-refractivity contribution in [2.45, 2.75) is 32.2 Å². The summed E-state index contributed by atoms with van der Waals surface area (Å²) in [4.78, 5) is 29.2. The van der Waals surface area contributed by atoms with Crippen molar-refractivity contribution in [3.05, 3.63) is 35.9 Å². The smallest absolute Gasteiger partial charge is 0.253 e. The van der Waals surface area contributed by atoms with E-state index in [1.807, 2.05) is 40.1 Å². The minimum absolute atomic E-state index is 0.0159. The predicted molar refractivity (Wildman–Crippen MR) is 91.7 cm³/mol. The van der Waals surface area contributed by atoms with Gasteiger partial charge < -0.3 is 14.5 Å². The molecule has 0 N–H and O–H groups in total. The molecule has 5 heteroatoms. The van der Waals surface area contributed by atoms with E-state index >= 15 is 0 Å². The predicted octanol–water partition coefficient (Wildman–Crippen LogP) is 2.18. The minimum atomic E-state index is -0.244. The number of piperidine rings is 1. The van der Waals surface area contributed by atoms with Gasteiger partial charge in [-0.2, -0.15) is 0 Å². The molecule has 0 unspecified atom stereocenters. The van der Waals surface area contributed by atoms with E-state index in [9.17, 15) is 9.59 Å². The van der Waals surface area contributed by atoms with E-state index in [0.29, 0.717) is 32.8 Å². The average molecular weight is 330 g/mol. The molecule has 2 saturated heterocycles. The second kappa shape index (κ2) is 6.93. The average Bonchev–Trinajstić information content (AvgIpc) is 2.61. The molecule has 0 aliphatic carbocycles. The highest BCUT2D eigenvalue weighted by atomic mass is 16.5. The Labute approximate surface area is 143 Å². The molecule has 0 radical (unpaired) electrons. The first-order chi connectivity index (χ1) is 11.5. The number of rotatable bonds is 2. The normalized spacial score (nSPS) is 21.6. The topological polar surface area (TPSA) is 49.9 Å². The molecule has 2 heterocycles. The molecule has 1 aromatic rings. The third-order valence-corrected chi connectivity index (χ3v) is 5.06. The summed E-state index contributed by atoms with van der Waals surface area (Å²) in [5, 5.41) is 0. The first kappa shape index (κ1) is 17.0. The van der Waals surface area contributed by atoms with Gasteiger partial charge >= 0.3 is 0 Å². The molecular weight excluding hydrogens is 304 g/mol. The molecule has 0 atom stereocenters. The van der Waals surface area contributed by atoms with Gasteiger partial charge in [-0.15, -0.1) is 0 Å². The Kier molecular flexibility index (Phi) is 4.90. The molecule has 0 bridgehead atoms. The fourth-order valence-electron chi connectivity index (χ4n) is 3.58. The molecular formula is C19H26N2O3. The van der Waals surface area contributed by atoms with E-state index in [1.54, 1.807) is 0 Å². The van der Waals surface area contributed by atoms with Crippen LogP contribution in [0.5, 0.6) is 0 Å². The zero-order chi connectivity index (χ0) is 17.2. The summed E-state index contributed by atoms with van der Waals surface area (Å²) in [6, 6.07) is 9.35. The minimum Gasteiger partial charge on any atom is -0.377 e. The number of amides is 2. The van der Waals surface area contributed by atoms with Crippen LogP contribution in [0.15, 0.2) is 30.3 Å². The maximum atomic E-state index is 12.9. The molecule has 2 fully saturated rings. The van der Waals surface area contributed by atoms with Gasteiger partial charge in [0, 0.05) is 31.1 Å². The van der Waals surface area contributed by atoms with Crippen LogP contribution in [0.1, 0.15) is 37.0 Å². The van der Waals surface area contributed by atoms with E-state index < -0.39 is 0 Å². The molecule has 3 rings (SSSR count). The van der Waals surface area contributed by atoms with Gasteiger partial charge in [-0.3, -0.25) is 9.59 Å². The van der Waals surface area contributed by atoms with Crippen molar-refractivity contribution in [2.24, 2.45) is 5.92 Å². The summed E-state index contributed by atoms with van der Waals surface area (Å²) in [6.07, 6.45) is 1.48. The second-order valence-corrected chi connectivity index (χ2v) is 7.29. The van der Waals surface area contributed by atoms with Gasteiger partial charge in [0.15, 0.2) is 0 Å². The largest absolute Gasteiger partial charge is 0.377 e. The first-order valence-corrected chi connectivity index (χ1v) is 8.72. The molecule has 5 nitrogen and oxygen atoms in total. The molecule has 24 heavy (non-hydrogen) atoms. The second-order valence-electron chi connectivity index (χ2n) is 7.29. The van der Waals surface area contributed by atoms with Crippen molar-refractivity contribution in [1.82, 2.24) is 9.80 Å². The third-order valence-electron chi connectivity index (χ3n) is 5.06. The van der Waals surface area contributed by atoms with Crippen LogP contribution in [-0.4, -0.2) is 60.0 Å². The molecule has 2 amide bonds. The maximum Gasteiger partial charge on any atom is 0.253 e. The van der Waals surface area contributed by atoms with E-state index in [2.05, 4.69) is 13.8 Å². The van der Waals surface area contributed by atoms with Crippen molar-refractivity contribution < 1.29 is 14.3 Å². The fraction of sp³-hybridized carbons (Fsp3) is 0.579. The third kappa shape index (κ3) is 3.46. The maximum absolute atomic E-state index is 12.9. The molecule has 0 aromatic heterocycles. The SMILES string of the molecule is CC1(C)COCCN1C(=O)C1CCN(C(=O)c2ccccc2)CC1. The lowest BCUT2D eigenvalue weighted by atomic mass is 9.92. The summed E-state index contributed by atoms with van der Waals surface area (Å²) in [7, 11) is 0. The Morgan fingerprint density at radius 1 is 1.08 bits per heavy atom. The van der Waals surface area contributed by atoms with Crippen LogP contribution >= 0.6 is 0 Å². The van der Waals surface area contributed by atoms with E-state index in [-0.39, 0.29) is 23.3 Å². The Hall–Kier alpha value is -1.88. The van der Waals surface area contributed by atoms with Gasteiger partial charge in [-0.1, -0.05) is 18.2 Å². The number of hydrogen-bond donors (Lipinski definition) is 0. The lowest BCUT2D eigenvalue weighted by molar-refractivity contribution is -0.152. The van der Waals surface area contributed by atoms with E-state index in [4.69, 9.17) is 4.74 Å². The molecule has 2 aliphatic heterocycles. The molecule has 2 aliphatic rings. The van der Waals surface area contributed by atoms with Crippen molar-refractivity contribution in [3.63, 3.8) is 0 Å². The zero-order valence-electron chi connectivity index (χ0n) is 14.5. The lowest BCUT2D eigenvalue weighted by Gasteiger charge is -2.44. The van der Waals surface area contributed by atoms with Crippen molar-refractivity contribution in [3.8, 4) is 0 Å². The summed E-state index contributed by atoms with van der Waals surface area (Å²) in [6.45, 7) is 7.26.